The van der Waals surface area contributed by atoms with Gasteiger partial charge >= 0.3 is 0 Å². The number of amides is 2. The van der Waals surface area contributed by atoms with Gasteiger partial charge in [0.25, 0.3) is 0 Å². The summed E-state index contributed by atoms with van der Waals surface area (Å²) in [6.45, 7) is 11.5. The van der Waals surface area contributed by atoms with Gasteiger partial charge in [-0.2, -0.15) is 0 Å². The highest BCUT2D eigenvalue weighted by Gasteiger charge is 2.20. The fourth-order valence-corrected chi connectivity index (χ4v) is 3.98. The van der Waals surface area contributed by atoms with E-state index in [1.54, 1.807) is 19.9 Å². The van der Waals surface area contributed by atoms with Crippen molar-refractivity contribution in [1.82, 2.24) is 15.0 Å². The number of rotatable bonds is 13. The van der Waals surface area contributed by atoms with E-state index in [4.69, 9.17) is 9.26 Å². The third kappa shape index (κ3) is 9.06. The Hall–Kier alpha value is -1.58. The first-order valence-corrected chi connectivity index (χ1v) is 12.0. The summed E-state index contributed by atoms with van der Waals surface area (Å²) >= 11 is 1.36. The lowest BCUT2D eigenvalue weighted by molar-refractivity contribution is -0.128. The molecule has 1 aromatic heterocycles. The van der Waals surface area contributed by atoms with Gasteiger partial charge in [0.05, 0.1) is 24.2 Å². The van der Waals surface area contributed by atoms with E-state index in [-0.39, 0.29) is 17.1 Å². The topological polar surface area (TPSA) is 87.9 Å². The zero-order valence-corrected chi connectivity index (χ0v) is 19.3. The van der Waals surface area contributed by atoms with Crippen molar-refractivity contribution in [2.24, 2.45) is 0 Å². The average Bonchev–Trinajstić information content (AvgIpc) is 3.16. The van der Waals surface area contributed by atoms with Gasteiger partial charge < -0.3 is 19.5 Å². The van der Waals surface area contributed by atoms with E-state index in [0.717, 1.165) is 58.8 Å². The number of aryl methyl sites for hydroxylation is 1. The minimum Gasteiger partial charge on any atom is -0.379 e. The molecule has 9 heteroatoms. The molecule has 8 nitrogen and oxygen atoms in total. The third-order valence-corrected chi connectivity index (χ3v) is 6.26. The van der Waals surface area contributed by atoms with Crippen LogP contribution in [0.5, 0.6) is 0 Å². The number of morpholine rings is 1. The first kappa shape index (κ1) is 24.7. The SMILES string of the molecule is CCCCCCN(CCN1CCOCC1)C(=O)CSC(C)C(=O)Nc1cc(C)on1. The maximum Gasteiger partial charge on any atom is 0.238 e. The lowest BCUT2D eigenvalue weighted by Gasteiger charge is -2.30. The van der Waals surface area contributed by atoms with Crippen LogP contribution in [0.3, 0.4) is 0 Å². The number of ether oxygens (including phenoxy) is 1. The van der Waals surface area contributed by atoms with Crippen molar-refractivity contribution in [3.63, 3.8) is 0 Å². The molecule has 30 heavy (non-hydrogen) atoms. The Bertz CT molecular complexity index is 649. The van der Waals surface area contributed by atoms with Gasteiger partial charge in [0.15, 0.2) is 5.82 Å². The van der Waals surface area contributed by atoms with E-state index >= 15 is 0 Å². The molecule has 2 amide bonds. The highest BCUT2D eigenvalue weighted by atomic mass is 32.2. The number of nitrogens with zero attached hydrogens (tertiary/aromatic N) is 3. The minimum atomic E-state index is -0.354. The van der Waals surface area contributed by atoms with Gasteiger partial charge in [0, 0.05) is 38.8 Å². The third-order valence-electron chi connectivity index (χ3n) is 5.13. The highest BCUT2D eigenvalue weighted by molar-refractivity contribution is 8.01. The van der Waals surface area contributed by atoms with Crippen molar-refractivity contribution < 1.29 is 18.8 Å². The first-order valence-electron chi connectivity index (χ1n) is 10.9. The van der Waals surface area contributed by atoms with Crippen LogP contribution < -0.4 is 5.32 Å². The Labute approximate surface area is 184 Å². The van der Waals surface area contributed by atoms with Crippen molar-refractivity contribution in [3.8, 4) is 0 Å². The molecular formula is C21H36N4O4S. The molecule has 1 N–H and O–H groups in total. The Morgan fingerprint density at radius 3 is 2.70 bits per heavy atom. The first-order chi connectivity index (χ1) is 14.5. The lowest BCUT2D eigenvalue weighted by Crippen LogP contribution is -2.44. The maximum atomic E-state index is 12.9. The van der Waals surface area contributed by atoms with Gasteiger partial charge in [-0.25, -0.2) is 0 Å². The zero-order valence-electron chi connectivity index (χ0n) is 18.5. The van der Waals surface area contributed by atoms with Gasteiger partial charge in [-0.15, -0.1) is 11.8 Å². The second kappa shape index (κ2) is 13.7. The molecule has 0 aromatic carbocycles. The predicted octanol–water partition coefficient (Wildman–Crippen LogP) is 2.78. The molecule has 0 radical (unpaired) electrons. The molecule has 1 saturated heterocycles. The summed E-state index contributed by atoms with van der Waals surface area (Å²) in [6.07, 6.45) is 4.53. The molecule has 2 rings (SSSR count). The molecule has 1 aromatic rings. The quantitative estimate of drug-likeness (QED) is 0.472. The van der Waals surface area contributed by atoms with Gasteiger partial charge in [0.1, 0.15) is 5.76 Å². The number of carbonyl (C=O) groups excluding carboxylic acids is 2. The number of hydrogen-bond donors (Lipinski definition) is 1. The summed E-state index contributed by atoms with van der Waals surface area (Å²) in [5.74, 6) is 1.26. The van der Waals surface area contributed by atoms with Gasteiger partial charge in [-0.1, -0.05) is 31.3 Å². The van der Waals surface area contributed by atoms with E-state index < -0.39 is 0 Å². The van der Waals surface area contributed by atoms with Gasteiger partial charge in [-0.05, 0) is 20.3 Å². The number of carbonyl (C=O) groups is 2. The predicted molar refractivity (Wildman–Crippen MR) is 120 cm³/mol. The fraction of sp³-hybridized carbons (Fsp3) is 0.762. The Morgan fingerprint density at radius 2 is 2.03 bits per heavy atom. The lowest BCUT2D eigenvalue weighted by atomic mass is 10.2. The van der Waals surface area contributed by atoms with Crippen LogP contribution in [0, 0.1) is 6.92 Å². The minimum absolute atomic E-state index is 0.0988. The molecule has 1 aliphatic rings. The average molecular weight is 441 g/mol. The van der Waals surface area contributed by atoms with Crippen LogP contribution in [0.25, 0.3) is 0 Å². The molecular weight excluding hydrogens is 404 g/mol. The van der Waals surface area contributed by atoms with E-state index in [1.165, 1.54) is 24.6 Å². The molecule has 1 fully saturated rings. The van der Waals surface area contributed by atoms with Crippen LogP contribution in [0.4, 0.5) is 5.82 Å². The molecule has 0 saturated carbocycles. The number of hydrogen-bond acceptors (Lipinski definition) is 7. The molecule has 1 aliphatic heterocycles. The van der Waals surface area contributed by atoms with Crippen LogP contribution in [-0.2, 0) is 14.3 Å². The van der Waals surface area contributed by atoms with Crippen molar-refractivity contribution in [3.05, 3.63) is 11.8 Å². The number of nitrogens with one attached hydrogen (secondary N) is 1. The molecule has 0 aliphatic carbocycles. The van der Waals surface area contributed by atoms with Crippen LogP contribution in [0.2, 0.25) is 0 Å². The van der Waals surface area contributed by atoms with Crippen LogP contribution in [-0.4, -0.2) is 83.7 Å². The molecule has 0 spiro atoms. The summed E-state index contributed by atoms with van der Waals surface area (Å²) in [7, 11) is 0. The standard InChI is InChI=1S/C21H36N4O4S/c1-4-5-6-7-8-25(10-9-24-11-13-28-14-12-24)20(26)16-30-18(3)21(27)22-19-15-17(2)29-23-19/h15,18H,4-14,16H2,1-3H3,(H,22,23,27). The Morgan fingerprint density at radius 1 is 1.27 bits per heavy atom. The molecule has 2 heterocycles. The zero-order chi connectivity index (χ0) is 21.8. The van der Waals surface area contributed by atoms with Crippen molar-refractivity contribution >= 4 is 29.4 Å². The number of unbranched alkanes of at least 4 members (excludes halogenated alkanes) is 3. The molecule has 1 unspecified atom stereocenters. The summed E-state index contributed by atoms with van der Waals surface area (Å²) in [6, 6.07) is 1.67. The normalized spacial score (nSPS) is 15.7. The molecule has 0 bridgehead atoms. The van der Waals surface area contributed by atoms with E-state index in [0.29, 0.717) is 17.3 Å². The molecule has 1 atom stereocenters. The van der Waals surface area contributed by atoms with Crippen molar-refractivity contribution in [1.29, 1.82) is 0 Å². The number of anilines is 1. The maximum absolute atomic E-state index is 12.9. The fourth-order valence-electron chi connectivity index (χ4n) is 3.19. The van der Waals surface area contributed by atoms with Gasteiger partial charge in [-0.3, -0.25) is 14.5 Å². The van der Waals surface area contributed by atoms with E-state index in [9.17, 15) is 9.59 Å². The van der Waals surface area contributed by atoms with Crippen LogP contribution in [0.1, 0.15) is 45.3 Å². The van der Waals surface area contributed by atoms with Gasteiger partial charge in [0.2, 0.25) is 11.8 Å². The monoisotopic (exact) mass is 440 g/mol. The summed E-state index contributed by atoms with van der Waals surface area (Å²) in [4.78, 5) is 29.5. The number of aromatic nitrogens is 1. The van der Waals surface area contributed by atoms with E-state index in [2.05, 4.69) is 22.3 Å². The summed E-state index contributed by atoms with van der Waals surface area (Å²) in [5.41, 5.74) is 0. The molecule has 170 valence electrons. The number of thioether (sulfide) groups is 1. The van der Waals surface area contributed by atoms with E-state index in [1.807, 2.05) is 4.90 Å². The van der Waals surface area contributed by atoms with Crippen LogP contribution in [0.15, 0.2) is 10.6 Å². The summed E-state index contributed by atoms with van der Waals surface area (Å²) < 4.78 is 10.4. The Kier molecular flexibility index (Phi) is 11.2. The van der Waals surface area contributed by atoms with Crippen molar-refractivity contribution in [2.75, 3.05) is 57.0 Å². The Balaban J connectivity index is 1.79. The largest absolute Gasteiger partial charge is 0.379 e. The second-order valence-electron chi connectivity index (χ2n) is 7.66. The summed E-state index contributed by atoms with van der Waals surface area (Å²) in [5, 5.41) is 6.14. The van der Waals surface area contributed by atoms with Crippen LogP contribution >= 0.6 is 11.8 Å². The smallest absolute Gasteiger partial charge is 0.238 e. The highest BCUT2D eigenvalue weighted by Crippen LogP contribution is 2.15. The van der Waals surface area contributed by atoms with Crippen molar-refractivity contribution in [2.45, 2.75) is 51.7 Å². The second-order valence-corrected chi connectivity index (χ2v) is 8.99.